The third-order valence-electron chi connectivity index (χ3n) is 8.43. The molecule has 8 heteroatoms. The van der Waals surface area contributed by atoms with E-state index in [0.29, 0.717) is 30.8 Å². The summed E-state index contributed by atoms with van der Waals surface area (Å²) in [6, 6.07) is 48.7. The summed E-state index contributed by atoms with van der Waals surface area (Å²) < 4.78 is 11.1. The van der Waals surface area contributed by atoms with E-state index in [0.717, 1.165) is 45.3 Å². The van der Waals surface area contributed by atoms with Gasteiger partial charge in [-0.2, -0.15) is 0 Å². The van der Waals surface area contributed by atoms with Gasteiger partial charge in [0.2, 0.25) is 0 Å². The molecule has 0 heterocycles. The molecule has 6 rings (SSSR count). The first kappa shape index (κ1) is 43.3. The summed E-state index contributed by atoms with van der Waals surface area (Å²) in [5.41, 5.74) is 7.83. The standard InChI is InChI=1S/C24H23BrO2.C15H13BrO3.C9H10O/c1-2-23(18-6-4-3-5-7-18)24(19-8-12-21(26)13-9-19)20-10-14-22(15-11-20)27-17-16-25;16-9-10-19-14-7-3-12(4-8-14)15(18)11-1-5-13(17)6-2-11;1-2-9(10)8-6-4-3-5-7-8/h3-15,26H,2,16-17H2,1H3;1-8,17H,9-10H2;3-7H,2H2,1H3. The van der Waals surface area contributed by atoms with Crippen LogP contribution in [0.2, 0.25) is 0 Å². The maximum absolute atomic E-state index is 12.2. The van der Waals surface area contributed by atoms with Gasteiger partial charge in [-0.25, -0.2) is 0 Å². The van der Waals surface area contributed by atoms with Crippen LogP contribution in [0.4, 0.5) is 0 Å². The molecule has 0 atom stereocenters. The van der Waals surface area contributed by atoms with Crippen molar-refractivity contribution in [1.29, 1.82) is 0 Å². The number of benzene rings is 6. The second-order valence-electron chi connectivity index (χ2n) is 12.3. The number of phenols is 2. The molecule has 0 saturated heterocycles. The third-order valence-corrected chi connectivity index (χ3v) is 9.08. The van der Waals surface area contributed by atoms with E-state index < -0.39 is 0 Å². The Hall–Kier alpha value is -5.44. The molecule has 2 N–H and O–H groups in total. The SMILES string of the molecule is CCC(=C(c1ccc(O)cc1)c1ccc(OCCBr)cc1)c1ccccc1.CCC(=O)c1ccccc1.O=C(c1ccc(O)cc1)c1ccc(OCCBr)cc1. The first-order chi connectivity index (χ1) is 27.3. The highest BCUT2D eigenvalue weighted by Crippen LogP contribution is 2.35. The summed E-state index contributed by atoms with van der Waals surface area (Å²) in [7, 11) is 0. The molecule has 0 amide bonds. The minimum atomic E-state index is -0.0768. The van der Waals surface area contributed by atoms with Crippen molar-refractivity contribution in [2.45, 2.75) is 26.7 Å². The largest absolute Gasteiger partial charge is 0.508 e. The fourth-order valence-electron chi connectivity index (χ4n) is 5.65. The molecule has 6 nitrogen and oxygen atoms in total. The highest BCUT2D eigenvalue weighted by atomic mass is 79.9. The predicted octanol–water partition coefficient (Wildman–Crippen LogP) is 12.2. The molecule has 0 saturated carbocycles. The van der Waals surface area contributed by atoms with Crippen LogP contribution in [0, 0.1) is 0 Å². The van der Waals surface area contributed by atoms with E-state index in [1.165, 1.54) is 28.8 Å². The molecule has 0 fully saturated rings. The molecule has 0 aliphatic rings. The molecule has 6 aromatic rings. The van der Waals surface area contributed by atoms with Gasteiger partial charge < -0.3 is 19.7 Å². The number of allylic oxidation sites excluding steroid dienone is 1. The number of halogens is 2. The molecule has 0 spiro atoms. The van der Waals surface area contributed by atoms with E-state index in [1.54, 1.807) is 48.5 Å². The summed E-state index contributed by atoms with van der Waals surface area (Å²) in [6.45, 7) is 5.28. The lowest BCUT2D eigenvalue weighted by molar-refractivity contribution is 0.0987. The van der Waals surface area contributed by atoms with Gasteiger partial charge in [0.1, 0.15) is 23.0 Å². The molecule has 0 bridgehead atoms. The Balaban J connectivity index is 0.000000207. The lowest BCUT2D eigenvalue weighted by atomic mass is 9.88. The van der Waals surface area contributed by atoms with Crippen molar-refractivity contribution in [3.63, 3.8) is 0 Å². The monoisotopic (exact) mass is 876 g/mol. The number of ether oxygens (including phenoxy) is 2. The molecule has 6 aromatic carbocycles. The zero-order chi connectivity index (χ0) is 40.1. The van der Waals surface area contributed by atoms with E-state index in [2.05, 4.69) is 75.2 Å². The Morgan fingerprint density at radius 3 is 1.23 bits per heavy atom. The zero-order valence-electron chi connectivity index (χ0n) is 31.5. The predicted molar refractivity (Wildman–Crippen MR) is 235 cm³/mol. The van der Waals surface area contributed by atoms with Crippen LogP contribution in [-0.2, 0) is 0 Å². The van der Waals surface area contributed by atoms with E-state index >= 15 is 0 Å². The second-order valence-corrected chi connectivity index (χ2v) is 13.8. The van der Waals surface area contributed by atoms with Crippen LogP contribution < -0.4 is 9.47 Å². The number of carbonyl (C=O) groups excluding carboxylic acids is 2. The topological polar surface area (TPSA) is 93.1 Å². The molecular weight excluding hydrogens is 832 g/mol. The second kappa shape index (κ2) is 23.5. The summed E-state index contributed by atoms with van der Waals surface area (Å²) in [5.74, 6) is 2.15. The van der Waals surface area contributed by atoms with Crippen molar-refractivity contribution in [3.05, 3.63) is 191 Å². The van der Waals surface area contributed by atoms with Crippen LogP contribution in [0.5, 0.6) is 23.0 Å². The summed E-state index contributed by atoms with van der Waals surface area (Å²) >= 11 is 6.66. The quantitative estimate of drug-likeness (QED) is 0.0643. The smallest absolute Gasteiger partial charge is 0.193 e. The van der Waals surface area contributed by atoms with E-state index in [-0.39, 0.29) is 23.1 Å². The minimum Gasteiger partial charge on any atom is -0.508 e. The van der Waals surface area contributed by atoms with Crippen LogP contribution in [0.15, 0.2) is 158 Å². The van der Waals surface area contributed by atoms with Gasteiger partial charge in [-0.05, 0) is 107 Å². The molecule has 56 heavy (non-hydrogen) atoms. The van der Waals surface area contributed by atoms with Crippen LogP contribution >= 0.6 is 31.9 Å². The first-order valence-corrected chi connectivity index (χ1v) is 20.6. The normalized spacial score (nSPS) is 10.8. The molecule has 0 aliphatic heterocycles. The molecular formula is C48H46Br2O6. The Labute approximate surface area is 346 Å². The molecule has 0 aromatic heterocycles. The van der Waals surface area contributed by atoms with Crippen molar-refractivity contribution < 1.29 is 29.3 Å². The Morgan fingerprint density at radius 1 is 0.464 bits per heavy atom. The number of hydrogen-bond donors (Lipinski definition) is 2. The average molecular weight is 879 g/mol. The van der Waals surface area contributed by atoms with Crippen LogP contribution in [0.3, 0.4) is 0 Å². The summed E-state index contributed by atoms with van der Waals surface area (Å²) in [6.07, 6.45) is 1.49. The van der Waals surface area contributed by atoms with Crippen molar-refractivity contribution >= 4 is 54.6 Å². The Kier molecular flexibility index (Phi) is 18.1. The number of phenolic OH excluding ortho intramolecular Hbond substituents is 2. The lowest BCUT2D eigenvalue weighted by Crippen LogP contribution is -2.02. The van der Waals surface area contributed by atoms with Crippen molar-refractivity contribution in [1.82, 2.24) is 0 Å². The lowest BCUT2D eigenvalue weighted by Gasteiger charge is -2.17. The highest BCUT2D eigenvalue weighted by molar-refractivity contribution is 9.09. The van der Waals surface area contributed by atoms with Gasteiger partial charge in [0.05, 0.1) is 13.2 Å². The first-order valence-electron chi connectivity index (χ1n) is 18.4. The minimum absolute atomic E-state index is 0.0768. The maximum atomic E-state index is 12.2. The number of aromatic hydroxyl groups is 2. The van der Waals surface area contributed by atoms with Gasteiger partial charge in [0, 0.05) is 33.8 Å². The average Bonchev–Trinajstić information content (AvgIpc) is 3.25. The number of Topliss-reactive ketones (excluding diaryl/α,β-unsaturated/α-hetero) is 1. The molecule has 0 unspecified atom stereocenters. The van der Waals surface area contributed by atoms with E-state index in [1.807, 2.05) is 67.6 Å². The number of hydrogen-bond acceptors (Lipinski definition) is 6. The van der Waals surface area contributed by atoms with Gasteiger partial charge in [0.25, 0.3) is 0 Å². The fourth-order valence-corrected chi connectivity index (χ4v) is 5.97. The van der Waals surface area contributed by atoms with E-state index in [9.17, 15) is 19.8 Å². The van der Waals surface area contributed by atoms with Crippen molar-refractivity contribution in [2.24, 2.45) is 0 Å². The molecule has 288 valence electrons. The summed E-state index contributed by atoms with van der Waals surface area (Å²) in [5, 5.41) is 20.5. The third kappa shape index (κ3) is 13.4. The van der Waals surface area contributed by atoms with Crippen LogP contribution in [-0.4, -0.2) is 45.7 Å². The number of alkyl halides is 2. The molecule has 0 radical (unpaired) electrons. The van der Waals surface area contributed by atoms with Gasteiger partial charge in [-0.15, -0.1) is 0 Å². The van der Waals surface area contributed by atoms with Crippen molar-refractivity contribution in [3.8, 4) is 23.0 Å². The van der Waals surface area contributed by atoms with Crippen LogP contribution in [0.1, 0.15) is 69.7 Å². The van der Waals surface area contributed by atoms with Crippen LogP contribution in [0.25, 0.3) is 11.1 Å². The van der Waals surface area contributed by atoms with Gasteiger partial charge >= 0.3 is 0 Å². The maximum Gasteiger partial charge on any atom is 0.193 e. The number of ketones is 2. The number of carbonyl (C=O) groups is 2. The molecule has 0 aliphatic carbocycles. The van der Waals surface area contributed by atoms with Crippen molar-refractivity contribution in [2.75, 3.05) is 23.9 Å². The Bertz CT molecular complexity index is 2100. The van der Waals surface area contributed by atoms with E-state index in [4.69, 9.17) is 9.47 Å². The fraction of sp³-hybridized carbons (Fsp3) is 0.167. The highest BCUT2D eigenvalue weighted by Gasteiger charge is 2.14. The zero-order valence-corrected chi connectivity index (χ0v) is 34.7. The van der Waals surface area contributed by atoms with Gasteiger partial charge in [-0.1, -0.05) is 131 Å². The number of rotatable bonds is 14. The Morgan fingerprint density at radius 2 is 0.839 bits per heavy atom. The van der Waals surface area contributed by atoms with Gasteiger partial charge in [-0.3, -0.25) is 9.59 Å². The van der Waals surface area contributed by atoms with Gasteiger partial charge in [0.15, 0.2) is 11.6 Å². The summed E-state index contributed by atoms with van der Waals surface area (Å²) in [4.78, 5) is 23.2.